The van der Waals surface area contributed by atoms with Crippen LogP contribution in [0.1, 0.15) is 33.1 Å². The Balaban J connectivity index is 1.51. The summed E-state index contributed by atoms with van der Waals surface area (Å²) in [5, 5.41) is 11.0. The number of carbonyl (C=O) groups excluding carboxylic acids is 1. The number of anilines is 2. The smallest absolute Gasteiger partial charge is 0.258 e. The van der Waals surface area contributed by atoms with Crippen LogP contribution in [0.25, 0.3) is 5.70 Å². The van der Waals surface area contributed by atoms with Crippen LogP contribution in [0.15, 0.2) is 78.9 Å². The fourth-order valence-corrected chi connectivity index (χ4v) is 3.84. The lowest BCUT2D eigenvalue weighted by atomic mass is 10.0. The Hall–Kier alpha value is -3.97. The zero-order valence-electron chi connectivity index (χ0n) is 17.6. The van der Waals surface area contributed by atoms with Crippen molar-refractivity contribution in [2.45, 2.75) is 13.0 Å². The van der Waals surface area contributed by atoms with Gasteiger partial charge in [-0.3, -0.25) is 10.1 Å². The third-order valence-electron chi connectivity index (χ3n) is 5.35. The van der Waals surface area contributed by atoms with Gasteiger partial charge in [0.2, 0.25) is 5.95 Å². The van der Waals surface area contributed by atoms with Gasteiger partial charge in [0, 0.05) is 16.3 Å². The average molecular weight is 460 g/mol. The molecule has 0 fully saturated rings. The molecular weight excluding hydrogens is 441 g/mol. The number of aryl methyl sites for hydroxylation is 1. The molecule has 1 aliphatic rings. The molecule has 0 unspecified atom stereocenters. The molecule has 2 N–H and O–H groups in total. The minimum Gasteiger partial charge on any atom is -0.324 e. The molecule has 1 amide bonds. The van der Waals surface area contributed by atoms with Gasteiger partial charge in [0.15, 0.2) is 0 Å². The Morgan fingerprint density at radius 2 is 1.85 bits per heavy atom. The van der Waals surface area contributed by atoms with E-state index in [1.807, 2.05) is 37.3 Å². The zero-order valence-corrected chi connectivity index (χ0v) is 18.3. The lowest BCUT2D eigenvalue weighted by Crippen LogP contribution is -2.20. The highest BCUT2D eigenvalue weighted by Gasteiger charge is 2.26. The molecule has 0 radical (unpaired) electrons. The number of fused-ring (bicyclic) bond motifs is 1. The Bertz CT molecular complexity index is 1360. The second-order valence-corrected chi connectivity index (χ2v) is 8.17. The van der Waals surface area contributed by atoms with Gasteiger partial charge in [0.25, 0.3) is 11.9 Å². The van der Waals surface area contributed by atoms with Gasteiger partial charge in [-0.25, -0.2) is 9.07 Å². The maximum Gasteiger partial charge on any atom is 0.258 e. The minimum absolute atomic E-state index is 0.146. The summed E-state index contributed by atoms with van der Waals surface area (Å²) >= 11 is 6.00. The first kappa shape index (κ1) is 20.9. The summed E-state index contributed by atoms with van der Waals surface area (Å²) in [5.74, 6) is -0.0776. The van der Waals surface area contributed by atoms with Crippen LogP contribution in [0.3, 0.4) is 0 Å². The number of halogens is 2. The molecule has 8 heteroatoms. The molecule has 0 saturated heterocycles. The molecule has 6 nitrogen and oxygen atoms in total. The van der Waals surface area contributed by atoms with E-state index in [9.17, 15) is 9.18 Å². The van der Waals surface area contributed by atoms with Crippen molar-refractivity contribution in [2.24, 2.45) is 0 Å². The first-order valence-corrected chi connectivity index (χ1v) is 10.7. The molecule has 1 atom stereocenters. The van der Waals surface area contributed by atoms with Crippen LogP contribution in [0, 0.1) is 12.7 Å². The molecule has 1 aromatic heterocycles. The summed E-state index contributed by atoms with van der Waals surface area (Å²) in [5.41, 5.74) is 4.21. The van der Waals surface area contributed by atoms with Gasteiger partial charge in [0.1, 0.15) is 11.9 Å². The molecule has 0 spiro atoms. The molecule has 164 valence electrons. The molecule has 3 aromatic carbocycles. The van der Waals surface area contributed by atoms with E-state index in [4.69, 9.17) is 11.6 Å². The SMILES string of the molecule is Cc1ccc(C2=C[C@H](c3ccc(F)cc3)n3nc(NC(=O)c4cccc(Cl)c4)nc3N2)cc1. The van der Waals surface area contributed by atoms with Crippen molar-refractivity contribution >= 4 is 35.1 Å². The first-order chi connectivity index (χ1) is 16.0. The van der Waals surface area contributed by atoms with E-state index < -0.39 is 0 Å². The number of allylic oxidation sites excluding steroid dienone is 1. The number of rotatable bonds is 4. The van der Waals surface area contributed by atoms with Gasteiger partial charge in [-0.15, -0.1) is 5.10 Å². The number of benzene rings is 3. The van der Waals surface area contributed by atoms with Crippen molar-refractivity contribution in [2.75, 3.05) is 10.6 Å². The van der Waals surface area contributed by atoms with E-state index in [2.05, 4.69) is 20.7 Å². The second-order valence-electron chi connectivity index (χ2n) is 7.74. The summed E-state index contributed by atoms with van der Waals surface area (Å²) in [6.07, 6.45) is 2.00. The molecule has 1 aliphatic heterocycles. The Kier molecular flexibility index (Phi) is 5.40. The van der Waals surface area contributed by atoms with Crippen LogP contribution in [-0.4, -0.2) is 20.7 Å². The van der Waals surface area contributed by atoms with Gasteiger partial charge in [-0.05, 0) is 54.5 Å². The van der Waals surface area contributed by atoms with Crippen molar-refractivity contribution in [3.8, 4) is 0 Å². The van der Waals surface area contributed by atoms with Gasteiger partial charge >= 0.3 is 0 Å². The molecule has 0 bridgehead atoms. The molecule has 5 rings (SSSR count). The number of nitrogens with one attached hydrogen (secondary N) is 2. The van der Waals surface area contributed by atoms with E-state index in [-0.39, 0.29) is 23.7 Å². The monoisotopic (exact) mass is 459 g/mol. The minimum atomic E-state index is -0.370. The number of carbonyl (C=O) groups is 1. The van der Waals surface area contributed by atoms with Crippen LogP contribution in [0.5, 0.6) is 0 Å². The summed E-state index contributed by atoms with van der Waals surface area (Å²) < 4.78 is 15.2. The fraction of sp³-hybridized carbons (Fsp3) is 0.0800. The quantitative estimate of drug-likeness (QED) is 0.411. The summed E-state index contributed by atoms with van der Waals surface area (Å²) in [6.45, 7) is 2.03. The van der Waals surface area contributed by atoms with Crippen molar-refractivity contribution in [1.29, 1.82) is 0 Å². The predicted octanol–water partition coefficient (Wildman–Crippen LogP) is 5.69. The van der Waals surface area contributed by atoms with Crippen LogP contribution < -0.4 is 10.6 Å². The van der Waals surface area contributed by atoms with Gasteiger partial charge in [-0.1, -0.05) is 59.6 Å². The predicted molar refractivity (Wildman–Crippen MR) is 127 cm³/mol. The van der Waals surface area contributed by atoms with Gasteiger partial charge < -0.3 is 5.32 Å². The molecule has 33 heavy (non-hydrogen) atoms. The van der Waals surface area contributed by atoms with Crippen molar-refractivity contribution < 1.29 is 9.18 Å². The topological polar surface area (TPSA) is 71.8 Å². The average Bonchev–Trinajstić information content (AvgIpc) is 3.22. The van der Waals surface area contributed by atoms with Gasteiger partial charge in [-0.2, -0.15) is 4.98 Å². The lowest BCUT2D eigenvalue weighted by molar-refractivity contribution is 0.102. The van der Waals surface area contributed by atoms with Crippen molar-refractivity contribution in [3.63, 3.8) is 0 Å². The summed E-state index contributed by atoms with van der Waals surface area (Å²) in [7, 11) is 0. The maximum atomic E-state index is 13.5. The Morgan fingerprint density at radius 3 is 2.58 bits per heavy atom. The van der Waals surface area contributed by atoms with E-state index in [0.717, 1.165) is 22.4 Å². The highest BCUT2D eigenvalue weighted by Crippen LogP contribution is 2.33. The number of amides is 1. The standard InChI is InChI=1S/C25H19ClFN5O/c1-15-5-7-16(8-6-15)21-14-22(17-9-11-20(27)12-10-17)32-25(28-21)30-24(31-32)29-23(33)18-3-2-4-19(26)13-18/h2-14,22H,1H3,(H2,28,29,30,31,33)/t22-/m1/s1. The largest absolute Gasteiger partial charge is 0.324 e. The van der Waals surface area contributed by atoms with Crippen molar-refractivity contribution in [1.82, 2.24) is 14.8 Å². The molecule has 4 aromatic rings. The first-order valence-electron chi connectivity index (χ1n) is 10.3. The van der Waals surface area contributed by atoms with Crippen LogP contribution in [0.4, 0.5) is 16.3 Å². The third-order valence-corrected chi connectivity index (χ3v) is 5.59. The van der Waals surface area contributed by atoms with Gasteiger partial charge in [0.05, 0.1) is 0 Å². The van der Waals surface area contributed by atoms with E-state index >= 15 is 0 Å². The molecule has 0 aliphatic carbocycles. The maximum absolute atomic E-state index is 13.5. The molecular formula is C25H19ClFN5O. The van der Waals surface area contributed by atoms with Crippen LogP contribution >= 0.6 is 11.6 Å². The van der Waals surface area contributed by atoms with E-state index in [0.29, 0.717) is 16.5 Å². The van der Waals surface area contributed by atoms with Crippen molar-refractivity contribution in [3.05, 3.63) is 112 Å². The number of hydrogen-bond acceptors (Lipinski definition) is 4. The van der Waals surface area contributed by atoms with E-state index in [1.165, 1.54) is 12.1 Å². The van der Waals surface area contributed by atoms with E-state index in [1.54, 1.807) is 41.1 Å². The highest BCUT2D eigenvalue weighted by molar-refractivity contribution is 6.31. The van der Waals surface area contributed by atoms with Crippen LogP contribution in [0.2, 0.25) is 5.02 Å². The lowest BCUT2D eigenvalue weighted by Gasteiger charge is -2.24. The number of nitrogens with zero attached hydrogens (tertiary/aromatic N) is 3. The number of hydrogen-bond donors (Lipinski definition) is 2. The molecule has 2 heterocycles. The Morgan fingerprint density at radius 1 is 1.09 bits per heavy atom. The summed E-state index contributed by atoms with van der Waals surface area (Å²) in [6, 6.07) is 20.6. The third kappa shape index (κ3) is 4.36. The zero-order chi connectivity index (χ0) is 22.9. The summed E-state index contributed by atoms with van der Waals surface area (Å²) in [4.78, 5) is 17.1. The Labute approximate surface area is 194 Å². The fourth-order valence-electron chi connectivity index (χ4n) is 3.65. The number of aromatic nitrogens is 3. The second kappa shape index (κ2) is 8.52. The molecule has 0 saturated carbocycles. The normalized spacial score (nSPS) is 14.8. The van der Waals surface area contributed by atoms with Crippen LogP contribution in [-0.2, 0) is 0 Å². The highest BCUT2D eigenvalue weighted by atomic mass is 35.5.